The number of hydrogen-bond donors (Lipinski definition) is 2. The van der Waals surface area contributed by atoms with Crippen LogP contribution in [0, 0.1) is 5.92 Å². The van der Waals surface area contributed by atoms with Gasteiger partial charge in [-0.3, -0.25) is 19.3 Å². The Labute approximate surface area is 267 Å². The highest BCUT2D eigenvalue weighted by atomic mass is 31.2. The molecule has 5 rings (SSSR count). The smallest absolute Gasteiger partial charge is 0.335 e. The van der Waals surface area contributed by atoms with Crippen molar-refractivity contribution in [1.29, 1.82) is 0 Å². The molecule has 4 aromatic carbocycles. The van der Waals surface area contributed by atoms with Crippen LogP contribution in [0.5, 0.6) is 0 Å². The van der Waals surface area contributed by atoms with E-state index >= 15 is 0 Å². The first-order valence-electron chi connectivity index (χ1n) is 14.8. The van der Waals surface area contributed by atoms with Gasteiger partial charge in [-0.2, -0.15) is 0 Å². The minimum absolute atomic E-state index is 0.0340. The Morgan fingerprint density at radius 3 is 1.70 bits per heavy atom. The standard InChI is InChI=1S/C37H34NO7P/c1-3-13-33(41)45-37(38-31(34(25(2)39)35(38)42)24-32(40)26-20-22-27(23-21-26)36(43)44)46(28-14-7-4-8-15-28,29-16-9-5-10-17-29)30-18-11-6-12-19-30/h3-12,14-23,25,31,34,39H,1,13,24H2,2H3,(H,43,44)/t25-,31-,34-/m1/s1. The Balaban J connectivity index is 1.80. The summed E-state index contributed by atoms with van der Waals surface area (Å²) in [6.07, 6.45) is 0.00283. The molecular formula is C37H34NO7P. The normalized spacial score (nSPS) is 16.6. The third-order valence-electron chi connectivity index (χ3n) is 8.08. The third kappa shape index (κ3) is 6.10. The zero-order valence-corrected chi connectivity index (χ0v) is 26.1. The van der Waals surface area contributed by atoms with Gasteiger partial charge in [0.1, 0.15) is 0 Å². The second-order valence-electron chi connectivity index (χ2n) is 11.0. The fourth-order valence-corrected chi connectivity index (χ4v) is 10.2. The molecule has 0 saturated carbocycles. The van der Waals surface area contributed by atoms with Gasteiger partial charge in [-0.05, 0) is 35.0 Å². The molecule has 1 heterocycles. The van der Waals surface area contributed by atoms with Gasteiger partial charge in [0.05, 0.1) is 30.0 Å². The number of amides is 1. The SMILES string of the molecule is C=CCC(=O)OC(N1C(=O)[C@H]([C@@H](C)O)[C@H]1CC(=O)c1ccc(C(=O)O)cc1)=P(c1ccccc1)(c1ccccc1)c1ccccc1. The van der Waals surface area contributed by atoms with Gasteiger partial charge in [-0.15, -0.1) is 6.58 Å². The van der Waals surface area contributed by atoms with Crippen LogP contribution in [0.25, 0.3) is 0 Å². The topological polar surface area (TPSA) is 121 Å². The Morgan fingerprint density at radius 1 is 0.826 bits per heavy atom. The lowest BCUT2D eigenvalue weighted by molar-refractivity contribution is -0.157. The number of ketones is 1. The number of likely N-dealkylation sites (tertiary alicyclic amines) is 1. The van der Waals surface area contributed by atoms with Gasteiger partial charge < -0.3 is 14.9 Å². The highest BCUT2D eigenvalue weighted by molar-refractivity contribution is 7.95. The van der Waals surface area contributed by atoms with E-state index in [2.05, 4.69) is 6.58 Å². The van der Waals surface area contributed by atoms with E-state index in [1.165, 1.54) is 42.2 Å². The van der Waals surface area contributed by atoms with Gasteiger partial charge in [0.25, 0.3) is 0 Å². The fourth-order valence-electron chi connectivity index (χ4n) is 5.93. The molecule has 8 nitrogen and oxygen atoms in total. The second-order valence-corrected chi connectivity index (χ2v) is 14.3. The van der Waals surface area contributed by atoms with Gasteiger partial charge in [-0.1, -0.05) is 109 Å². The molecular weight excluding hydrogens is 601 g/mol. The lowest BCUT2D eigenvalue weighted by Gasteiger charge is -2.50. The zero-order valence-electron chi connectivity index (χ0n) is 25.2. The van der Waals surface area contributed by atoms with E-state index < -0.39 is 42.8 Å². The predicted molar refractivity (Wildman–Crippen MR) is 179 cm³/mol. The molecule has 1 saturated heterocycles. The molecule has 0 bridgehead atoms. The number of rotatable bonds is 12. The number of carbonyl (C=O) groups excluding carboxylic acids is 3. The number of β-lactam (4-membered cyclic amide) rings is 1. The number of Topliss-reactive ketones (excluding diaryl/α,β-unsaturated/α-hetero) is 1. The molecule has 234 valence electrons. The summed E-state index contributed by atoms with van der Waals surface area (Å²) in [7, 11) is 0. The lowest BCUT2D eigenvalue weighted by Crippen LogP contribution is -2.67. The number of aliphatic hydroxyl groups is 1. The summed E-state index contributed by atoms with van der Waals surface area (Å²) in [5.74, 6) is -3.51. The van der Waals surface area contributed by atoms with Crippen LogP contribution in [-0.4, -0.2) is 56.5 Å². The summed E-state index contributed by atoms with van der Waals surface area (Å²) in [5, 5.41) is 22.5. The zero-order chi connectivity index (χ0) is 32.8. The first-order valence-corrected chi connectivity index (χ1v) is 16.6. The number of aliphatic hydroxyl groups excluding tert-OH is 1. The quantitative estimate of drug-likeness (QED) is 0.0780. The van der Waals surface area contributed by atoms with Crippen molar-refractivity contribution in [1.82, 2.24) is 4.90 Å². The summed E-state index contributed by atoms with van der Waals surface area (Å²) >= 11 is 0. The van der Waals surface area contributed by atoms with Crippen molar-refractivity contribution >= 4 is 52.0 Å². The van der Waals surface area contributed by atoms with Crippen molar-refractivity contribution in [2.24, 2.45) is 5.92 Å². The van der Waals surface area contributed by atoms with Gasteiger partial charge in [0, 0.05) is 18.9 Å². The number of carboxylic acids is 1. The second kappa shape index (κ2) is 13.9. The summed E-state index contributed by atoms with van der Waals surface area (Å²) in [6, 6.07) is 33.3. The molecule has 3 atom stereocenters. The maximum absolute atomic E-state index is 14.1. The minimum Gasteiger partial charge on any atom is -0.478 e. The molecule has 0 aromatic heterocycles. The molecule has 9 heteroatoms. The van der Waals surface area contributed by atoms with Crippen molar-refractivity contribution in [3.05, 3.63) is 139 Å². The third-order valence-corrected chi connectivity index (χ3v) is 12.2. The van der Waals surface area contributed by atoms with Crippen LogP contribution in [0.2, 0.25) is 0 Å². The molecule has 0 spiro atoms. The summed E-state index contributed by atoms with van der Waals surface area (Å²) in [6.45, 7) is 2.04. The number of benzene rings is 4. The van der Waals surface area contributed by atoms with Crippen molar-refractivity contribution in [3.8, 4) is 0 Å². The molecule has 46 heavy (non-hydrogen) atoms. The molecule has 0 unspecified atom stereocenters. The van der Waals surface area contributed by atoms with Crippen LogP contribution in [0.4, 0.5) is 0 Å². The van der Waals surface area contributed by atoms with Gasteiger partial charge >= 0.3 is 11.9 Å². The van der Waals surface area contributed by atoms with Crippen molar-refractivity contribution in [2.75, 3.05) is 0 Å². The van der Waals surface area contributed by atoms with Crippen molar-refractivity contribution in [2.45, 2.75) is 31.9 Å². The van der Waals surface area contributed by atoms with E-state index in [9.17, 15) is 29.4 Å². The van der Waals surface area contributed by atoms with Crippen molar-refractivity contribution in [3.63, 3.8) is 0 Å². The molecule has 1 fully saturated rings. The average molecular weight is 636 g/mol. The van der Waals surface area contributed by atoms with Crippen LogP contribution in [0.15, 0.2) is 128 Å². The Hall–Kier alpha value is -5.04. The van der Waals surface area contributed by atoms with E-state index in [0.29, 0.717) is 0 Å². The van der Waals surface area contributed by atoms with Gasteiger partial charge in [0.2, 0.25) is 11.5 Å². The number of esters is 1. The monoisotopic (exact) mass is 635 g/mol. The fraction of sp³-hybridized carbons (Fsp3) is 0.162. The molecule has 4 aromatic rings. The highest BCUT2D eigenvalue weighted by Gasteiger charge is 2.55. The first-order chi connectivity index (χ1) is 22.2. The average Bonchev–Trinajstić information content (AvgIpc) is 3.06. The number of aromatic carboxylic acids is 1. The minimum atomic E-state index is -3.14. The van der Waals surface area contributed by atoms with Crippen LogP contribution in [0.3, 0.4) is 0 Å². The van der Waals surface area contributed by atoms with Crippen LogP contribution in [-0.2, 0) is 14.3 Å². The molecule has 1 aliphatic rings. The Morgan fingerprint density at radius 2 is 1.28 bits per heavy atom. The molecule has 1 aliphatic heterocycles. The lowest BCUT2D eigenvalue weighted by atomic mass is 9.80. The van der Waals surface area contributed by atoms with Crippen LogP contribution < -0.4 is 15.9 Å². The van der Waals surface area contributed by atoms with Gasteiger partial charge in [0.15, 0.2) is 5.78 Å². The van der Waals surface area contributed by atoms with E-state index in [-0.39, 0.29) is 35.4 Å². The number of nitrogens with zero attached hydrogens (tertiary/aromatic N) is 1. The number of hydrogen-bond acceptors (Lipinski definition) is 6. The number of carbonyl (C=O) groups is 4. The van der Waals surface area contributed by atoms with Crippen molar-refractivity contribution < 1.29 is 34.1 Å². The Bertz CT molecular complexity index is 1700. The molecule has 2 N–H and O–H groups in total. The van der Waals surface area contributed by atoms with Gasteiger partial charge in [-0.25, -0.2) is 4.79 Å². The molecule has 0 radical (unpaired) electrons. The number of ether oxygens (including phenoxy) is 1. The summed E-state index contributed by atoms with van der Waals surface area (Å²) < 4.78 is 6.28. The summed E-state index contributed by atoms with van der Waals surface area (Å²) in [4.78, 5) is 54.0. The molecule has 0 aliphatic carbocycles. The van der Waals surface area contributed by atoms with E-state index in [1.54, 1.807) is 0 Å². The number of carboxylic acid groups (broad SMARTS) is 1. The molecule has 1 amide bonds. The maximum atomic E-state index is 14.1. The first kappa shape index (κ1) is 32.4. The summed E-state index contributed by atoms with van der Waals surface area (Å²) in [5.41, 5.74) is 0.393. The Kier molecular flexibility index (Phi) is 9.81. The highest BCUT2D eigenvalue weighted by Crippen LogP contribution is 2.50. The van der Waals surface area contributed by atoms with E-state index in [4.69, 9.17) is 4.74 Å². The van der Waals surface area contributed by atoms with Crippen LogP contribution in [0.1, 0.15) is 40.5 Å². The maximum Gasteiger partial charge on any atom is 0.335 e. The largest absolute Gasteiger partial charge is 0.478 e. The van der Waals surface area contributed by atoms with E-state index in [0.717, 1.165) is 15.9 Å². The predicted octanol–water partition coefficient (Wildman–Crippen LogP) is 4.37. The van der Waals surface area contributed by atoms with E-state index in [1.807, 2.05) is 91.0 Å². The van der Waals surface area contributed by atoms with Crippen LogP contribution >= 0.6 is 6.89 Å².